The molecule has 0 aliphatic heterocycles. The molecule has 1 N–H and O–H groups in total. The summed E-state index contributed by atoms with van der Waals surface area (Å²) in [6, 6.07) is 11.3. The number of benzene rings is 2. The van der Waals surface area contributed by atoms with Gasteiger partial charge < -0.3 is 19.3 Å². The molecule has 0 unspecified atom stereocenters. The Morgan fingerprint density at radius 2 is 1.72 bits per heavy atom. The molecular formula is C20H22O5. The zero-order valence-electron chi connectivity index (χ0n) is 14.6. The van der Waals surface area contributed by atoms with Gasteiger partial charge in [0.05, 0.1) is 7.11 Å². The average molecular weight is 342 g/mol. The van der Waals surface area contributed by atoms with Crippen LogP contribution in [-0.4, -0.2) is 31.4 Å². The van der Waals surface area contributed by atoms with E-state index in [1.54, 1.807) is 25.3 Å². The number of methoxy groups -OCH3 is 1. The number of rotatable bonds is 8. The van der Waals surface area contributed by atoms with Crippen LogP contribution in [0.25, 0.3) is 6.08 Å². The third kappa shape index (κ3) is 5.57. The molecule has 5 heteroatoms. The number of hydrogen-bond acceptors (Lipinski definition) is 4. The predicted octanol–water partition coefficient (Wildman–Crippen LogP) is 3.87. The molecule has 5 nitrogen and oxygen atoms in total. The van der Waals surface area contributed by atoms with E-state index in [1.165, 1.54) is 6.08 Å². The third-order valence-corrected chi connectivity index (χ3v) is 3.55. The fourth-order valence-corrected chi connectivity index (χ4v) is 2.24. The topological polar surface area (TPSA) is 65.0 Å². The molecule has 2 aromatic carbocycles. The normalized spacial score (nSPS) is 10.7. The standard InChI is InChI=1S/C20H22O5/c1-14-4-5-15(2)18(12-14)25-11-10-24-17-8-6-16(7-9-20(21)22)13-19(17)23-3/h4-9,12-13H,10-11H2,1-3H3,(H,21,22)/b9-7+. The second kappa shape index (κ2) is 8.78. The zero-order chi connectivity index (χ0) is 18.2. The van der Waals surface area contributed by atoms with E-state index < -0.39 is 5.97 Å². The summed E-state index contributed by atoms with van der Waals surface area (Å²) < 4.78 is 16.8. The van der Waals surface area contributed by atoms with Crippen molar-refractivity contribution >= 4 is 12.0 Å². The maximum absolute atomic E-state index is 10.6. The first-order chi connectivity index (χ1) is 12.0. The van der Waals surface area contributed by atoms with Crippen molar-refractivity contribution in [3.63, 3.8) is 0 Å². The van der Waals surface area contributed by atoms with E-state index in [1.807, 2.05) is 32.0 Å². The quantitative estimate of drug-likeness (QED) is 0.583. The maximum Gasteiger partial charge on any atom is 0.328 e. The molecule has 0 atom stereocenters. The fraction of sp³-hybridized carbons (Fsp3) is 0.250. The van der Waals surface area contributed by atoms with E-state index in [0.29, 0.717) is 24.7 Å². The highest BCUT2D eigenvalue weighted by Crippen LogP contribution is 2.28. The first kappa shape index (κ1) is 18.4. The second-order valence-electron chi connectivity index (χ2n) is 5.55. The highest BCUT2D eigenvalue weighted by molar-refractivity contribution is 5.85. The summed E-state index contributed by atoms with van der Waals surface area (Å²) in [7, 11) is 1.54. The minimum absolute atomic E-state index is 0.369. The first-order valence-electron chi connectivity index (χ1n) is 7.91. The van der Waals surface area contributed by atoms with Crippen LogP contribution in [0.2, 0.25) is 0 Å². The van der Waals surface area contributed by atoms with Crippen molar-refractivity contribution in [2.24, 2.45) is 0 Å². The molecule has 0 amide bonds. The van der Waals surface area contributed by atoms with Crippen molar-refractivity contribution in [2.45, 2.75) is 13.8 Å². The Hall–Kier alpha value is -2.95. The number of aliphatic carboxylic acids is 1. The van der Waals surface area contributed by atoms with Crippen LogP contribution in [0.3, 0.4) is 0 Å². The number of carbonyl (C=O) groups is 1. The maximum atomic E-state index is 10.6. The minimum atomic E-state index is -0.997. The molecule has 0 saturated carbocycles. The van der Waals surface area contributed by atoms with E-state index in [-0.39, 0.29) is 0 Å². The van der Waals surface area contributed by atoms with Crippen molar-refractivity contribution in [3.8, 4) is 17.2 Å². The van der Waals surface area contributed by atoms with Gasteiger partial charge in [0.15, 0.2) is 11.5 Å². The van der Waals surface area contributed by atoms with Crippen LogP contribution >= 0.6 is 0 Å². The van der Waals surface area contributed by atoms with E-state index in [4.69, 9.17) is 19.3 Å². The Morgan fingerprint density at radius 1 is 1.00 bits per heavy atom. The van der Waals surface area contributed by atoms with Gasteiger partial charge in [-0.05, 0) is 54.8 Å². The monoisotopic (exact) mass is 342 g/mol. The molecule has 0 aliphatic rings. The summed E-state index contributed by atoms with van der Waals surface area (Å²) in [6.07, 6.45) is 2.57. The smallest absolute Gasteiger partial charge is 0.328 e. The number of carboxylic acid groups (broad SMARTS) is 1. The molecule has 0 aliphatic carbocycles. The van der Waals surface area contributed by atoms with Crippen LogP contribution in [0, 0.1) is 13.8 Å². The second-order valence-corrected chi connectivity index (χ2v) is 5.55. The SMILES string of the molecule is COc1cc(/C=C/C(=O)O)ccc1OCCOc1cc(C)ccc1C. The van der Waals surface area contributed by atoms with Gasteiger partial charge in [-0.1, -0.05) is 18.2 Å². The summed E-state index contributed by atoms with van der Waals surface area (Å²) in [5, 5.41) is 8.67. The molecule has 2 rings (SSSR count). The first-order valence-corrected chi connectivity index (χ1v) is 7.91. The Bertz CT molecular complexity index is 765. The number of ether oxygens (including phenoxy) is 3. The molecule has 0 spiro atoms. The van der Waals surface area contributed by atoms with E-state index >= 15 is 0 Å². The molecule has 132 valence electrons. The molecular weight excluding hydrogens is 320 g/mol. The number of hydrogen-bond donors (Lipinski definition) is 1. The van der Waals surface area contributed by atoms with Crippen LogP contribution < -0.4 is 14.2 Å². The van der Waals surface area contributed by atoms with Crippen LogP contribution in [0.15, 0.2) is 42.5 Å². The Balaban J connectivity index is 1.94. The van der Waals surface area contributed by atoms with E-state index in [2.05, 4.69) is 0 Å². The van der Waals surface area contributed by atoms with Crippen molar-refractivity contribution in [1.29, 1.82) is 0 Å². The number of carboxylic acids is 1. The fourth-order valence-electron chi connectivity index (χ4n) is 2.24. The Labute approximate surface area is 147 Å². The van der Waals surface area contributed by atoms with Crippen molar-refractivity contribution < 1.29 is 24.1 Å². The van der Waals surface area contributed by atoms with Gasteiger partial charge >= 0.3 is 5.97 Å². The Morgan fingerprint density at radius 3 is 2.40 bits per heavy atom. The van der Waals surface area contributed by atoms with E-state index in [9.17, 15) is 4.79 Å². The summed E-state index contributed by atoms with van der Waals surface area (Å²) in [5.74, 6) is 0.978. The van der Waals surface area contributed by atoms with Gasteiger partial charge in [-0.2, -0.15) is 0 Å². The summed E-state index contributed by atoms with van der Waals surface area (Å²) in [6.45, 7) is 4.80. The molecule has 2 aromatic rings. The van der Waals surface area contributed by atoms with Gasteiger partial charge in [0.2, 0.25) is 0 Å². The summed E-state index contributed by atoms with van der Waals surface area (Å²) in [5.41, 5.74) is 2.95. The zero-order valence-corrected chi connectivity index (χ0v) is 14.6. The molecule has 0 saturated heterocycles. The van der Waals surface area contributed by atoms with Crippen LogP contribution in [-0.2, 0) is 4.79 Å². The Kier molecular flexibility index (Phi) is 6.46. The lowest BCUT2D eigenvalue weighted by molar-refractivity contribution is -0.131. The summed E-state index contributed by atoms with van der Waals surface area (Å²) in [4.78, 5) is 10.6. The summed E-state index contributed by atoms with van der Waals surface area (Å²) >= 11 is 0. The highest BCUT2D eigenvalue weighted by Gasteiger charge is 2.06. The van der Waals surface area contributed by atoms with Crippen molar-refractivity contribution in [2.75, 3.05) is 20.3 Å². The van der Waals surface area contributed by atoms with Gasteiger partial charge in [0.1, 0.15) is 19.0 Å². The molecule has 0 heterocycles. The predicted molar refractivity (Wildman–Crippen MR) is 96.6 cm³/mol. The van der Waals surface area contributed by atoms with Crippen LogP contribution in [0.1, 0.15) is 16.7 Å². The molecule has 25 heavy (non-hydrogen) atoms. The highest BCUT2D eigenvalue weighted by atomic mass is 16.5. The molecule has 0 radical (unpaired) electrons. The van der Waals surface area contributed by atoms with Gasteiger partial charge in [-0.3, -0.25) is 0 Å². The van der Waals surface area contributed by atoms with Crippen molar-refractivity contribution in [1.82, 2.24) is 0 Å². The lowest BCUT2D eigenvalue weighted by atomic mass is 10.1. The van der Waals surface area contributed by atoms with Gasteiger partial charge in [0, 0.05) is 6.08 Å². The average Bonchev–Trinajstić information content (AvgIpc) is 2.60. The van der Waals surface area contributed by atoms with Gasteiger partial charge in [0.25, 0.3) is 0 Å². The molecule has 0 fully saturated rings. The van der Waals surface area contributed by atoms with E-state index in [0.717, 1.165) is 28.5 Å². The van der Waals surface area contributed by atoms with Crippen molar-refractivity contribution in [3.05, 3.63) is 59.2 Å². The lowest BCUT2D eigenvalue weighted by Crippen LogP contribution is -2.10. The third-order valence-electron chi connectivity index (χ3n) is 3.55. The molecule has 0 aromatic heterocycles. The number of aryl methyl sites for hydroxylation is 2. The molecule has 0 bridgehead atoms. The lowest BCUT2D eigenvalue weighted by Gasteiger charge is -2.13. The van der Waals surface area contributed by atoms with Gasteiger partial charge in [-0.25, -0.2) is 4.79 Å². The largest absolute Gasteiger partial charge is 0.493 e. The van der Waals surface area contributed by atoms with Gasteiger partial charge in [-0.15, -0.1) is 0 Å². The minimum Gasteiger partial charge on any atom is -0.493 e. The van der Waals surface area contributed by atoms with Crippen LogP contribution in [0.4, 0.5) is 0 Å². The van der Waals surface area contributed by atoms with Crippen LogP contribution in [0.5, 0.6) is 17.2 Å².